The van der Waals surface area contributed by atoms with Crippen molar-refractivity contribution in [2.24, 2.45) is 0 Å². The number of furan rings is 1. The van der Waals surface area contributed by atoms with Crippen molar-refractivity contribution in [3.05, 3.63) is 53.8 Å². The summed E-state index contributed by atoms with van der Waals surface area (Å²) in [4.78, 5) is 20.3. The van der Waals surface area contributed by atoms with Crippen molar-refractivity contribution in [1.29, 1.82) is 0 Å². The van der Waals surface area contributed by atoms with E-state index in [1.807, 2.05) is 43.3 Å². The van der Waals surface area contributed by atoms with Crippen molar-refractivity contribution < 1.29 is 19.1 Å². The number of hydrogen-bond donors (Lipinski definition) is 1. The third kappa shape index (κ3) is 3.94. The van der Waals surface area contributed by atoms with Gasteiger partial charge in [0.1, 0.15) is 11.4 Å². The highest BCUT2D eigenvalue weighted by molar-refractivity contribution is 5.91. The average Bonchev–Trinajstić information content (AvgIpc) is 3.13. The van der Waals surface area contributed by atoms with Gasteiger partial charge in [-0.2, -0.15) is 4.98 Å². The van der Waals surface area contributed by atoms with Gasteiger partial charge in [0, 0.05) is 44.2 Å². The Morgan fingerprint density at radius 1 is 1.18 bits per heavy atom. The van der Waals surface area contributed by atoms with Gasteiger partial charge in [0.15, 0.2) is 0 Å². The molecule has 0 amide bonds. The van der Waals surface area contributed by atoms with Crippen molar-refractivity contribution >= 4 is 22.8 Å². The first-order chi connectivity index (χ1) is 13.6. The van der Waals surface area contributed by atoms with Gasteiger partial charge >= 0.3 is 5.97 Å². The lowest BCUT2D eigenvalue weighted by Crippen LogP contribution is -2.46. The molecule has 1 aromatic carbocycles. The molecule has 2 aromatic heterocycles. The maximum Gasteiger partial charge on any atom is 0.371 e. The zero-order chi connectivity index (χ0) is 19.5. The molecule has 7 heteroatoms. The van der Waals surface area contributed by atoms with Crippen LogP contribution in [0.3, 0.4) is 0 Å². The Hall–Kier alpha value is -3.06. The standard InChI is InChI=1S/C21H23N3O4/c1-2-27-20-5-3-4-19(22-20)24-10-8-23(9-11-24)14-15-6-7-17-16(12-15)13-18(28-17)21(25)26/h3-7,12-13H,2,8-11,14H2,1H3,(H,25,26). The predicted octanol–water partition coefficient (Wildman–Crippen LogP) is 3.25. The van der Waals surface area contributed by atoms with Crippen LogP contribution in [0.25, 0.3) is 11.0 Å². The second-order valence-electron chi connectivity index (χ2n) is 6.82. The number of carbonyl (C=O) groups is 1. The van der Waals surface area contributed by atoms with E-state index in [0.29, 0.717) is 18.1 Å². The number of hydrogen-bond acceptors (Lipinski definition) is 6. The maximum atomic E-state index is 11.1. The number of fused-ring (bicyclic) bond motifs is 1. The summed E-state index contributed by atoms with van der Waals surface area (Å²) < 4.78 is 10.8. The summed E-state index contributed by atoms with van der Waals surface area (Å²) in [6, 6.07) is 13.3. The van der Waals surface area contributed by atoms with E-state index < -0.39 is 5.97 Å². The van der Waals surface area contributed by atoms with E-state index in [-0.39, 0.29) is 5.76 Å². The van der Waals surface area contributed by atoms with Gasteiger partial charge in [-0.3, -0.25) is 4.90 Å². The molecule has 1 aliphatic heterocycles. The Morgan fingerprint density at radius 3 is 2.75 bits per heavy atom. The lowest BCUT2D eigenvalue weighted by Gasteiger charge is -2.35. The molecule has 7 nitrogen and oxygen atoms in total. The van der Waals surface area contributed by atoms with E-state index in [1.165, 1.54) is 0 Å². The Kier molecular flexibility index (Phi) is 5.16. The molecule has 0 spiro atoms. The first kappa shape index (κ1) is 18.3. The van der Waals surface area contributed by atoms with E-state index in [0.717, 1.165) is 49.5 Å². The molecule has 0 saturated carbocycles. The fourth-order valence-electron chi connectivity index (χ4n) is 3.50. The van der Waals surface area contributed by atoms with Crippen LogP contribution in [-0.2, 0) is 6.54 Å². The van der Waals surface area contributed by atoms with Crippen LogP contribution in [0.1, 0.15) is 23.0 Å². The van der Waals surface area contributed by atoms with E-state index >= 15 is 0 Å². The Labute approximate surface area is 163 Å². The van der Waals surface area contributed by atoms with Gasteiger partial charge in [-0.05, 0) is 36.8 Å². The molecular weight excluding hydrogens is 358 g/mol. The molecule has 3 heterocycles. The number of carboxylic acid groups (broad SMARTS) is 1. The summed E-state index contributed by atoms with van der Waals surface area (Å²) in [6.45, 7) is 7.06. The molecule has 1 N–H and O–H groups in total. The zero-order valence-corrected chi connectivity index (χ0v) is 15.8. The highest BCUT2D eigenvalue weighted by atomic mass is 16.5. The topological polar surface area (TPSA) is 79.0 Å². The van der Waals surface area contributed by atoms with Crippen molar-refractivity contribution in [3.8, 4) is 5.88 Å². The number of rotatable bonds is 6. The minimum absolute atomic E-state index is 0.0254. The van der Waals surface area contributed by atoms with Crippen LogP contribution in [0.15, 0.2) is 46.9 Å². The third-order valence-corrected chi connectivity index (χ3v) is 4.90. The molecule has 0 atom stereocenters. The van der Waals surface area contributed by atoms with Crippen molar-refractivity contribution in [2.75, 3.05) is 37.7 Å². The molecule has 0 aliphatic carbocycles. The number of nitrogens with zero attached hydrogens (tertiary/aromatic N) is 3. The number of aromatic nitrogens is 1. The van der Waals surface area contributed by atoms with Gasteiger partial charge in [-0.25, -0.2) is 4.79 Å². The van der Waals surface area contributed by atoms with Crippen molar-refractivity contribution in [1.82, 2.24) is 9.88 Å². The Balaban J connectivity index is 1.38. The molecule has 0 unspecified atom stereocenters. The molecule has 4 rings (SSSR count). The van der Waals surface area contributed by atoms with Crippen LogP contribution >= 0.6 is 0 Å². The molecule has 28 heavy (non-hydrogen) atoms. The smallest absolute Gasteiger partial charge is 0.371 e. The maximum absolute atomic E-state index is 11.1. The number of benzene rings is 1. The van der Waals surface area contributed by atoms with Gasteiger partial charge < -0.3 is 19.2 Å². The van der Waals surface area contributed by atoms with Crippen LogP contribution in [0.4, 0.5) is 5.82 Å². The second-order valence-corrected chi connectivity index (χ2v) is 6.82. The van der Waals surface area contributed by atoms with Crippen LogP contribution in [0.2, 0.25) is 0 Å². The minimum atomic E-state index is -1.05. The molecule has 3 aromatic rings. The SMILES string of the molecule is CCOc1cccc(N2CCN(Cc3ccc4oc(C(=O)O)cc4c3)CC2)n1. The molecule has 146 valence electrons. The monoisotopic (exact) mass is 381 g/mol. The molecular formula is C21H23N3O4. The highest BCUT2D eigenvalue weighted by Crippen LogP contribution is 2.23. The normalized spacial score (nSPS) is 15.1. The largest absolute Gasteiger partial charge is 0.478 e. The number of ether oxygens (including phenoxy) is 1. The molecule has 1 fully saturated rings. The lowest BCUT2D eigenvalue weighted by atomic mass is 10.1. The number of aromatic carboxylic acids is 1. The molecule has 1 saturated heterocycles. The Morgan fingerprint density at radius 2 is 2.00 bits per heavy atom. The highest BCUT2D eigenvalue weighted by Gasteiger charge is 2.19. The van der Waals surface area contributed by atoms with Gasteiger partial charge in [0.2, 0.25) is 11.6 Å². The number of piperazine rings is 1. The van der Waals surface area contributed by atoms with Crippen molar-refractivity contribution in [2.45, 2.75) is 13.5 Å². The third-order valence-electron chi connectivity index (χ3n) is 4.90. The fraction of sp³-hybridized carbons (Fsp3) is 0.333. The summed E-state index contributed by atoms with van der Waals surface area (Å²) in [7, 11) is 0. The molecule has 0 bridgehead atoms. The summed E-state index contributed by atoms with van der Waals surface area (Å²) in [5.41, 5.74) is 1.75. The van der Waals surface area contributed by atoms with Gasteiger partial charge in [-0.15, -0.1) is 0 Å². The summed E-state index contributed by atoms with van der Waals surface area (Å²) in [5, 5.41) is 9.89. The van der Waals surface area contributed by atoms with Crippen LogP contribution in [0, 0.1) is 0 Å². The first-order valence-electron chi connectivity index (χ1n) is 9.45. The molecule has 0 radical (unpaired) electrons. The summed E-state index contributed by atoms with van der Waals surface area (Å²) in [5.74, 6) is 0.543. The Bertz CT molecular complexity index is 977. The van der Waals surface area contributed by atoms with Gasteiger partial charge in [-0.1, -0.05) is 12.1 Å². The van der Waals surface area contributed by atoms with Gasteiger partial charge in [0.05, 0.1) is 6.61 Å². The quantitative estimate of drug-likeness (QED) is 0.702. The van der Waals surface area contributed by atoms with E-state index in [2.05, 4.69) is 14.8 Å². The van der Waals surface area contributed by atoms with E-state index in [9.17, 15) is 4.79 Å². The van der Waals surface area contributed by atoms with Gasteiger partial charge in [0.25, 0.3) is 0 Å². The average molecular weight is 381 g/mol. The van der Waals surface area contributed by atoms with E-state index in [4.69, 9.17) is 14.3 Å². The zero-order valence-electron chi connectivity index (χ0n) is 15.8. The first-order valence-corrected chi connectivity index (χ1v) is 9.45. The van der Waals surface area contributed by atoms with Crippen molar-refractivity contribution in [3.63, 3.8) is 0 Å². The lowest BCUT2D eigenvalue weighted by molar-refractivity contribution is 0.0665. The molecule has 1 aliphatic rings. The van der Waals surface area contributed by atoms with Crippen LogP contribution in [-0.4, -0.2) is 53.7 Å². The van der Waals surface area contributed by atoms with Crippen LogP contribution in [0.5, 0.6) is 5.88 Å². The summed E-state index contributed by atoms with van der Waals surface area (Å²) in [6.07, 6.45) is 0. The second kappa shape index (κ2) is 7.90. The van der Waals surface area contributed by atoms with E-state index in [1.54, 1.807) is 6.07 Å². The predicted molar refractivity (Wildman–Crippen MR) is 106 cm³/mol. The van der Waals surface area contributed by atoms with Crippen LogP contribution < -0.4 is 9.64 Å². The minimum Gasteiger partial charge on any atom is -0.478 e. The number of pyridine rings is 1. The number of anilines is 1. The summed E-state index contributed by atoms with van der Waals surface area (Å²) >= 11 is 0. The number of carboxylic acids is 1. The fourth-order valence-corrected chi connectivity index (χ4v) is 3.50.